The summed E-state index contributed by atoms with van der Waals surface area (Å²) >= 11 is 0. The average molecular weight is 397 g/mol. The van der Waals surface area contributed by atoms with Crippen LogP contribution in [0.25, 0.3) is 0 Å². The Labute approximate surface area is 163 Å². The maximum atomic E-state index is 12.2. The Balaban J connectivity index is 1.87. The molecule has 8 heteroatoms. The third-order valence-electron chi connectivity index (χ3n) is 3.73. The molecule has 0 spiro atoms. The van der Waals surface area contributed by atoms with E-state index in [1.165, 1.54) is 0 Å². The molecule has 1 aromatic heterocycles. The van der Waals surface area contributed by atoms with E-state index in [2.05, 4.69) is 22.5 Å². The summed E-state index contributed by atoms with van der Waals surface area (Å²) in [5, 5.41) is 6.50. The zero-order valence-corrected chi connectivity index (χ0v) is 15.9. The van der Waals surface area contributed by atoms with Gasteiger partial charge in [0.15, 0.2) is 5.96 Å². The number of hydrogen-bond donors (Lipinski definition) is 2. The van der Waals surface area contributed by atoms with Crippen LogP contribution in [0.1, 0.15) is 30.2 Å². The van der Waals surface area contributed by atoms with Crippen molar-refractivity contribution in [1.29, 1.82) is 0 Å². The molecule has 0 fully saturated rings. The Kier molecular flexibility index (Phi) is 8.87. The zero-order valence-electron chi connectivity index (χ0n) is 15.9. The van der Waals surface area contributed by atoms with E-state index in [0.29, 0.717) is 24.6 Å². The molecule has 0 aliphatic carbocycles. The van der Waals surface area contributed by atoms with Crippen LogP contribution in [-0.4, -0.2) is 31.8 Å². The minimum atomic E-state index is -4.32. The number of aliphatic imine (C=N–C) groups is 1. The molecule has 1 aromatic carbocycles. The van der Waals surface area contributed by atoms with Crippen molar-refractivity contribution in [3.8, 4) is 0 Å². The molecule has 154 valence electrons. The number of nitrogens with zero attached hydrogens (tertiary/aromatic N) is 1. The maximum Gasteiger partial charge on any atom is 0.411 e. The summed E-state index contributed by atoms with van der Waals surface area (Å²) in [6.07, 6.45) is -0.967. The lowest BCUT2D eigenvalue weighted by atomic mass is 10.1. The molecular formula is C20H26F3N3O2. The lowest BCUT2D eigenvalue weighted by Crippen LogP contribution is -2.38. The van der Waals surface area contributed by atoms with Crippen molar-refractivity contribution in [2.24, 2.45) is 4.99 Å². The average Bonchev–Trinajstić information content (AvgIpc) is 3.16. The Morgan fingerprint density at radius 2 is 1.89 bits per heavy atom. The second kappa shape index (κ2) is 11.4. The van der Waals surface area contributed by atoms with E-state index in [0.717, 1.165) is 30.7 Å². The van der Waals surface area contributed by atoms with Crippen molar-refractivity contribution >= 4 is 5.96 Å². The molecule has 28 heavy (non-hydrogen) atoms. The summed E-state index contributed by atoms with van der Waals surface area (Å²) in [4.78, 5) is 4.55. The predicted octanol–water partition coefficient (Wildman–Crippen LogP) is 4.05. The van der Waals surface area contributed by atoms with Crippen molar-refractivity contribution in [2.75, 3.05) is 19.7 Å². The minimum absolute atomic E-state index is 0.0839. The second-order valence-corrected chi connectivity index (χ2v) is 6.28. The third-order valence-corrected chi connectivity index (χ3v) is 3.73. The highest BCUT2D eigenvalue weighted by molar-refractivity contribution is 5.79. The molecule has 0 bridgehead atoms. The fourth-order valence-electron chi connectivity index (χ4n) is 2.45. The number of ether oxygens (including phenoxy) is 1. The third kappa shape index (κ3) is 8.94. The van der Waals surface area contributed by atoms with E-state index in [1.54, 1.807) is 24.5 Å². The topological polar surface area (TPSA) is 58.8 Å². The quantitative estimate of drug-likeness (QED) is 0.469. The highest BCUT2D eigenvalue weighted by atomic mass is 19.4. The maximum absolute atomic E-state index is 12.2. The molecule has 0 unspecified atom stereocenters. The lowest BCUT2D eigenvalue weighted by Gasteiger charge is -2.12. The number of nitrogens with one attached hydrogen (secondary N) is 2. The van der Waals surface area contributed by atoms with Crippen LogP contribution in [0.3, 0.4) is 0 Å². The molecule has 2 aromatic rings. The summed E-state index contributed by atoms with van der Waals surface area (Å²) in [5.41, 5.74) is 1.59. The van der Waals surface area contributed by atoms with Crippen LogP contribution in [0.2, 0.25) is 0 Å². The first-order valence-corrected chi connectivity index (χ1v) is 9.23. The molecule has 1 heterocycles. The number of furan rings is 1. The van der Waals surface area contributed by atoms with Gasteiger partial charge in [0.05, 0.1) is 19.4 Å². The van der Waals surface area contributed by atoms with Gasteiger partial charge in [-0.1, -0.05) is 31.2 Å². The van der Waals surface area contributed by atoms with E-state index in [9.17, 15) is 13.2 Å². The van der Waals surface area contributed by atoms with Crippen molar-refractivity contribution in [2.45, 2.75) is 39.1 Å². The Morgan fingerprint density at radius 1 is 1.11 bits per heavy atom. The summed E-state index contributed by atoms with van der Waals surface area (Å²) in [7, 11) is 0. The van der Waals surface area contributed by atoms with Gasteiger partial charge in [-0.25, -0.2) is 4.99 Å². The largest absolute Gasteiger partial charge is 0.469 e. The molecular weight excluding hydrogens is 371 g/mol. The van der Waals surface area contributed by atoms with Crippen LogP contribution in [0.4, 0.5) is 13.2 Å². The number of alkyl halides is 3. The summed E-state index contributed by atoms with van der Waals surface area (Å²) in [6.45, 7) is 2.61. The molecule has 0 aliphatic heterocycles. The zero-order chi connectivity index (χ0) is 20.2. The summed E-state index contributed by atoms with van der Waals surface area (Å²) < 4.78 is 46.6. The Hall–Kier alpha value is -2.48. The van der Waals surface area contributed by atoms with Gasteiger partial charge in [-0.2, -0.15) is 13.2 Å². The minimum Gasteiger partial charge on any atom is -0.469 e. The number of benzene rings is 1. The molecule has 5 nitrogen and oxygen atoms in total. The van der Waals surface area contributed by atoms with E-state index in [-0.39, 0.29) is 6.61 Å². The highest BCUT2D eigenvalue weighted by Crippen LogP contribution is 2.16. The van der Waals surface area contributed by atoms with Gasteiger partial charge in [-0.15, -0.1) is 0 Å². The van der Waals surface area contributed by atoms with Crippen molar-refractivity contribution in [1.82, 2.24) is 10.6 Å². The monoisotopic (exact) mass is 397 g/mol. The fraction of sp³-hybridized carbons (Fsp3) is 0.450. The van der Waals surface area contributed by atoms with Crippen LogP contribution in [0, 0.1) is 0 Å². The van der Waals surface area contributed by atoms with Gasteiger partial charge in [0.2, 0.25) is 0 Å². The van der Waals surface area contributed by atoms with Gasteiger partial charge >= 0.3 is 6.18 Å². The predicted molar refractivity (Wildman–Crippen MR) is 102 cm³/mol. The fourth-order valence-corrected chi connectivity index (χ4v) is 2.45. The van der Waals surface area contributed by atoms with E-state index in [4.69, 9.17) is 9.15 Å². The first-order chi connectivity index (χ1) is 13.5. The van der Waals surface area contributed by atoms with Gasteiger partial charge in [-0.05, 0) is 29.7 Å². The van der Waals surface area contributed by atoms with Crippen molar-refractivity contribution < 1.29 is 22.3 Å². The van der Waals surface area contributed by atoms with E-state index < -0.39 is 12.8 Å². The normalized spacial score (nSPS) is 12.2. The Bertz CT molecular complexity index is 716. The molecule has 0 radical (unpaired) electrons. The van der Waals surface area contributed by atoms with Crippen LogP contribution in [0.5, 0.6) is 0 Å². The molecule has 0 saturated heterocycles. The standard InChI is InChI=1S/C20H26F3N3O2/c1-2-9-24-19(25-10-8-18-7-4-11-28-18)26-13-16-5-3-6-17(12-16)14-27-15-20(21,22)23/h3-7,11-12H,2,8-10,13-15H2,1H3,(H2,24,25,26). The van der Waals surface area contributed by atoms with Crippen LogP contribution in [-0.2, 0) is 24.3 Å². The number of hydrogen-bond acceptors (Lipinski definition) is 3. The Morgan fingerprint density at radius 3 is 2.61 bits per heavy atom. The lowest BCUT2D eigenvalue weighted by molar-refractivity contribution is -0.176. The van der Waals surface area contributed by atoms with Crippen molar-refractivity contribution in [3.63, 3.8) is 0 Å². The molecule has 0 amide bonds. The van der Waals surface area contributed by atoms with Crippen molar-refractivity contribution in [3.05, 3.63) is 59.5 Å². The van der Waals surface area contributed by atoms with Gasteiger partial charge in [-0.3, -0.25) is 0 Å². The number of guanidine groups is 1. The molecule has 0 saturated carbocycles. The van der Waals surface area contributed by atoms with Gasteiger partial charge in [0, 0.05) is 19.5 Å². The summed E-state index contributed by atoms with van der Waals surface area (Å²) in [5.74, 6) is 1.58. The van der Waals surface area contributed by atoms with E-state index >= 15 is 0 Å². The molecule has 0 aliphatic rings. The van der Waals surface area contributed by atoms with Gasteiger partial charge in [0.1, 0.15) is 12.4 Å². The molecule has 2 rings (SSSR count). The first-order valence-electron chi connectivity index (χ1n) is 9.23. The first kappa shape index (κ1) is 21.8. The van der Waals surface area contributed by atoms with Crippen LogP contribution < -0.4 is 10.6 Å². The van der Waals surface area contributed by atoms with Crippen LogP contribution in [0.15, 0.2) is 52.1 Å². The van der Waals surface area contributed by atoms with E-state index in [1.807, 2.05) is 18.2 Å². The van der Waals surface area contributed by atoms with Gasteiger partial charge in [0.25, 0.3) is 0 Å². The summed E-state index contributed by atoms with van der Waals surface area (Å²) in [6, 6.07) is 11.0. The highest BCUT2D eigenvalue weighted by Gasteiger charge is 2.27. The molecule has 0 atom stereocenters. The number of halogens is 3. The second-order valence-electron chi connectivity index (χ2n) is 6.28. The SMILES string of the molecule is CCCNC(=NCc1cccc(COCC(F)(F)F)c1)NCCc1ccco1. The smallest absolute Gasteiger partial charge is 0.411 e. The molecule has 2 N–H and O–H groups in total. The van der Waals surface area contributed by atoms with Gasteiger partial charge < -0.3 is 19.8 Å². The number of rotatable bonds is 10. The van der Waals surface area contributed by atoms with Crippen LogP contribution >= 0.6 is 0 Å².